The number of aromatic amines is 1. The van der Waals surface area contributed by atoms with Crippen LogP contribution in [0.3, 0.4) is 0 Å². The lowest BCUT2D eigenvalue weighted by Crippen LogP contribution is -2.15. The van der Waals surface area contributed by atoms with E-state index in [1.807, 2.05) is 30.3 Å². The zero-order chi connectivity index (χ0) is 18.8. The van der Waals surface area contributed by atoms with Gasteiger partial charge in [-0.2, -0.15) is 10.4 Å². The van der Waals surface area contributed by atoms with E-state index in [1.165, 1.54) is 6.20 Å². The van der Waals surface area contributed by atoms with Gasteiger partial charge in [0.15, 0.2) is 0 Å². The summed E-state index contributed by atoms with van der Waals surface area (Å²) in [5.41, 5.74) is 4.58. The number of H-pyrrole nitrogens is 1. The van der Waals surface area contributed by atoms with E-state index < -0.39 is 0 Å². The summed E-state index contributed by atoms with van der Waals surface area (Å²) >= 11 is 0. The molecule has 0 aliphatic rings. The Hall–Kier alpha value is -4.05. The summed E-state index contributed by atoms with van der Waals surface area (Å²) in [5.74, 6) is -0.328. The maximum Gasteiger partial charge on any atom is 0.274 e. The zero-order valence-electron chi connectivity index (χ0n) is 14.4. The number of rotatable bonds is 3. The van der Waals surface area contributed by atoms with Gasteiger partial charge in [0.2, 0.25) is 0 Å². The summed E-state index contributed by atoms with van der Waals surface area (Å²) in [4.78, 5) is 20.7. The van der Waals surface area contributed by atoms with E-state index >= 15 is 0 Å². The highest BCUT2D eigenvalue weighted by Gasteiger charge is 2.14. The molecule has 3 heterocycles. The third-order valence-corrected chi connectivity index (χ3v) is 4.20. The van der Waals surface area contributed by atoms with Crippen LogP contribution < -0.4 is 5.32 Å². The van der Waals surface area contributed by atoms with Crippen molar-refractivity contribution in [2.75, 3.05) is 5.32 Å². The second kappa shape index (κ2) is 6.69. The monoisotopic (exact) mass is 354 g/mol. The zero-order valence-corrected chi connectivity index (χ0v) is 14.4. The van der Waals surface area contributed by atoms with Crippen LogP contribution in [0.2, 0.25) is 0 Å². The van der Waals surface area contributed by atoms with Gasteiger partial charge in [-0.1, -0.05) is 0 Å². The first kappa shape index (κ1) is 16.4. The van der Waals surface area contributed by atoms with Crippen LogP contribution in [0.1, 0.15) is 21.6 Å². The average molecular weight is 354 g/mol. The van der Waals surface area contributed by atoms with Gasteiger partial charge in [-0.25, -0.2) is 4.98 Å². The van der Waals surface area contributed by atoms with Crippen LogP contribution in [0.15, 0.2) is 55.0 Å². The van der Waals surface area contributed by atoms with Gasteiger partial charge < -0.3 is 5.32 Å². The normalized spacial score (nSPS) is 10.5. The molecule has 1 aromatic carbocycles. The van der Waals surface area contributed by atoms with Crippen LogP contribution in [-0.4, -0.2) is 26.1 Å². The molecule has 0 radical (unpaired) electrons. The number of benzene rings is 1. The molecular weight excluding hydrogens is 340 g/mol. The first-order chi connectivity index (χ1) is 13.2. The van der Waals surface area contributed by atoms with Gasteiger partial charge in [0.1, 0.15) is 17.5 Å². The number of hydrogen-bond acceptors (Lipinski definition) is 5. The number of amides is 1. The molecule has 0 aliphatic heterocycles. The SMILES string of the molecule is Cc1cc(C#N)cnc1C(=O)Nc1ccc2[nH]nc(-c3ccncc3)c2c1. The molecule has 27 heavy (non-hydrogen) atoms. The maximum absolute atomic E-state index is 12.6. The third-order valence-electron chi connectivity index (χ3n) is 4.20. The molecule has 2 N–H and O–H groups in total. The van der Waals surface area contributed by atoms with Crippen molar-refractivity contribution in [3.63, 3.8) is 0 Å². The number of fused-ring (bicyclic) bond motifs is 1. The minimum atomic E-state index is -0.328. The van der Waals surface area contributed by atoms with Crippen molar-refractivity contribution in [3.05, 3.63) is 71.8 Å². The van der Waals surface area contributed by atoms with Gasteiger partial charge in [-0.05, 0) is 48.9 Å². The average Bonchev–Trinajstić information content (AvgIpc) is 3.11. The Labute approximate surface area is 154 Å². The molecule has 7 nitrogen and oxygen atoms in total. The molecular formula is C20H14N6O. The van der Waals surface area contributed by atoms with Crippen LogP contribution in [0.5, 0.6) is 0 Å². The van der Waals surface area contributed by atoms with Crippen LogP contribution >= 0.6 is 0 Å². The number of carbonyl (C=O) groups excluding carboxylic acids is 1. The maximum atomic E-state index is 12.6. The van der Waals surface area contributed by atoms with Crippen molar-refractivity contribution in [1.29, 1.82) is 5.26 Å². The molecule has 0 fully saturated rings. The first-order valence-electron chi connectivity index (χ1n) is 8.22. The molecule has 0 bridgehead atoms. The Morgan fingerprint density at radius 2 is 2.00 bits per heavy atom. The highest BCUT2D eigenvalue weighted by molar-refractivity contribution is 6.05. The van der Waals surface area contributed by atoms with E-state index in [2.05, 4.69) is 25.5 Å². The van der Waals surface area contributed by atoms with E-state index in [0.717, 1.165) is 22.2 Å². The van der Waals surface area contributed by atoms with Crippen molar-refractivity contribution < 1.29 is 4.79 Å². The summed E-state index contributed by atoms with van der Waals surface area (Å²) in [6.45, 7) is 1.75. The molecule has 0 aliphatic carbocycles. The van der Waals surface area contributed by atoms with Crippen LogP contribution in [0, 0.1) is 18.3 Å². The Kier molecular flexibility index (Phi) is 4.07. The fourth-order valence-electron chi connectivity index (χ4n) is 2.89. The molecule has 4 rings (SSSR count). The number of nitrogens with zero attached hydrogens (tertiary/aromatic N) is 4. The molecule has 130 valence electrons. The van der Waals surface area contributed by atoms with Crippen LogP contribution in [0.25, 0.3) is 22.2 Å². The number of aromatic nitrogens is 4. The van der Waals surface area contributed by atoms with Crippen molar-refractivity contribution in [2.45, 2.75) is 6.92 Å². The van der Waals surface area contributed by atoms with E-state index in [1.54, 1.807) is 31.5 Å². The van der Waals surface area contributed by atoms with Crippen LogP contribution in [0.4, 0.5) is 5.69 Å². The van der Waals surface area contributed by atoms with Gasteiger partial charge in [0, 0.05) is 35.2 Å². The predicted molar refractivity (Wildman–Crippen MR) is 101 cm³/mol. The summed E-state index contributed by atoms with van der Waals surface area (Å²) in [7, 11) is 0. The number of carbonyl (C=O) groups is 1. The lowest BCUT2D eigenvalue weighted by Gasteiger charge is -2.07. The molecule has 1 amide bonds. The number of anilines is 1. The third kappa shape index (κ3) is 3.12. The molecule has 4 aromatic rings. The van der Waals surface area contributed by atoms with E-state index in [0.29, 0.717) is 16.8 Å². The molecule has 7 heteroatoms. The molecule has 0 atom stereocenters. The lowest BCUT2D eigenvalue weighted by atomic mass is 10.1. The second-order valence-corrected chi connectivity index (χ2v) is 6.02. The smallest absolute Gasteiger partial charge is 0.274 e. The highest BCUT2D eigenvalue weighted by Crippen LogP contribution is 2.28. The van der Waals surface area contributed by atoms with Crippen LogP contribution in [-0.2, 0) is 0 Å². The number of aryl methyl sites for hydroxylation is 1. The number of nitrogens with one attached hydrogen (secondary N) is 2. The Balaban J connectivity index is 1.67. The molecule has 3 aromatic heterocycles. The fraction of sp³-hybridized carbons (Fsp3) is 0.0500. The first-order valence-corrected chi connectivity index (χ1v) is 8.22. The molecule has 0 saturated carbocycles. The van der Waals surface area contributed by atoms with Gasteiger partial charge in [-0.3, -0.25) is 14.9 Å². The van der Waals surface area contributed by atoms with Gasteiger partial charge in [0.05, 0.1) is 11.1 Å². The van der Waals surface area contributed by atoms with E-state index in [4.69, 9.17) is 5.26 Å². The molecule has 0 spiro atoms. The number of pyridine rings is 2. The second-order valence-electron chi connectivity index (χ2n) is 6.02. The predicted octanol–water partition coefficient (Wildman–Crippen LogP) is 3.45. The summed E-state index contributed by atoms with van der Waals surface area (Å²) < 4.78 is 0. The van der Waals surface area contributed by atoms with Crippen molar-refractivity contribution in [3.8, 4) is 17.3 Å². The number of hydrogen-bond donors (Lipinski definition) is 2. The fourth-order valence-corrected chi connectivity index (χ4v) is 2.89. The number of nitriles is 1. The van der Waals surface area contributed by atoms with Gasteiger partial charge in [0.25, 0.3) is 5.91 Å². The van der Waals surface area contributed by atoms with Crippen molar-refractivity contribution >= 4 is 22.5 Å². The quantitative estimate of drug-likeness (QED) is 0.586. The molecule has 0 unspecified atom stereocenters. The van der Waals surface area contributed by atoms with Crippen molar-refractivity contribution in [1.82, 2.24) is 20.2 Å². The Morgan fingerprint density at radius 3 is 2.74 bits per heavy atom. The Bertz CT molecular complexity index is 1190. The summed E-state index contributed by atoms with van der Waals surface area (Å²) in [6, 6.07) is 12.9. The topological polar surface area (TPSA) is 107 Å². The summed E-state index contributed by atoms with van der Waals surface area (Å²) in [6.07, 6.45) is 4.81. The van der Waals surface area contributed by atoms with Gasteiger partial charge in [-0.15, -0.1) is 0 Å². The Morgan fingerprint density at radius 1 is 1.19 bits per heavy atom. The minimum absolute atomic E-state index is 0.288. The standard InChI is InChI=1S/C20H14N6O/c1-12-8-13(10-21)11-23-18(12)20(27)24-15-2-3-17-16(9-15)19(26-25-17)14-4-6-22-7-5-14/h2-9,11H,1H3,(H,24,27)(H,25,26). The lowest BCUT2D eigenvalue weighted by molar-refractivity contribution is 0.102. The summed E-state index contributed by atoms with van der Waals surface area (Å²) in [5, 5.41) is 20.0. The largest absolute Gasteiger partial charge is 0.321 e. The van der Waals surface area contributed by atoms with Crippen molar-refractivity contribution in [2.24, 2.45) is 0 Å². The van der Waals surface area contributed by atoms with Gasteiger partial charge >= 0.3 is 0 Å². The molecule has 0 saturated heterocycles. The van der Waals surface area contributed by atoms with E-state index in [9.17, 15) is 4.79 Å². The van der Waals surface area contributed by atoms with E-state index in [-0.39, 0.29) is 11.6 Å². The minimum Gasteiger partial charge on any atom is -0.321 e. The highest BCUT2D eigenvalue weighted by atomic mass is 16.1.